The highest BCUT2D eigenvalue weighted by Gasteiger charge is 2.28. The Morgan fingerprint density at radius 3 is 1.48 bits per heavy atom. The van der Waals surface area contributed by atoms with Crippen molar-refractivity contribution in [3.63, 3.8) is 0 Å². The number of hydrogen-bond donors (Lipinski definition) is 0. The van der Waals surface area contributed by atoms with Crippen LogP contribution in [0.3, 0.4) is 0 Å². The summed E-state index contributed by atoms with van der Waals surface area (Å²) in [5.74, 6) is 0.761. The van der Waals surface area contributed by atoms with Gasteiger partial charge in [-0.2, -0.15) is 0 Å². The van der Waals surface area contributed by atoms with Gasteiger partial charge in [0.05, 0.1) is 22.8 Å². The molecule has 0 unspecified atom stereocenters. The number of aliphatic imine (C=N–C) groups is 2. The summed E-state index contributed by atoms with van der Waals surface area (Å²) >= 11 is 0. The van der Waals surface area contributed by atoms with Crippen molar-refractivity contribution >= 4 is 22.8 Å². The molecule has 0 N–H and O–H groups in total. The normalized spacial score (nSPS) is 18.5. The van der Waals surface area contributed by atoms with E-state index in [9.17, 15) is 0 Å². The fourth-order valence-corrected chi connectivity index (χ4v) is 3.63. The molecule has 0 aromatic heterocycles. The first-order valence-corrected chi connectivity index (χ1v) is 9.87. The van der Waals surface area contributed by atoms with Gasteiger partial charge in [0.15, 0.2) is 0 Å². The first-order valence-electron chi connectivity index (χ1n) is 9.87. The van der Waals surface area contributed by atoms with Crippen LogP contribution in [-0.4, -0.2) is 24.5 Å². The van der Waals surface area contributed by atoms with Crippen molar-refractivity contribution in [2.75, 3.05) is 13.1 Å². The van der Waals surface area contributed by atoms with E-state index < -0.39 is 0 Å². The molecular formula is C25H20N4-2. The molecule has 3 aromatic carbocycles. The number of rotatable bonds is 2. The fraction of sp³-hybridized carbons (Fsp3) is 0.120. The molecule has 5 rings (SSSR count). The van der Waals surface area contributed by atoms with Crippen LogP contribution in [0.25, 0.3) is 10.6 Å². The summed E-state index contributed by atoms with van der Waals surface area (Å²) in [6, 6.07) is 28.4. The quantitative estimate of drug-likeness (QED) is 0.504. The van der Waals surface area contributed by atoms with Crippen LogP contribution >= 0.6 is 0 Å². The number of allylic oxidation sites excluding steroid dienone is 1. The van der Waals surface area contributed by atoms with Gasteiger partial charge in [-0.25, -0.2) is 9.98 Å². The van der Waals surface area contributed by atoms with E-state index in [-0.39, 0.29) is 0 Å². The van der Waals surface area contributed by atoms with Crippen molar-refractivity contribution in [3.8, 4) is 0 Å². The predicted octanol–water partition coefficient (Wildman–Crippen LogP) is 6.30. The van der Waals surface area contributed by atoms with Crippen molar-refractivity contribution in [3.05, 3.63) is 118 Å². The van der Waals surface area contributed by atoms with Crippen LogP contribution in [0.5, 0.6) is 0 Å². The second-order valence-electron chi connectivity index (χ2n) is 6.95. The van der Waals surface area contributed by atoms with E-state index >= 15 is 0 Å². The Morgan fingerprint density at radius 2 is 1.00 bits per heavy atom. The lowest BCUT2D eigenvalue weighted by Gasteiger charge is -2.46. The standard InChI is InChI=1S/C25H20N4/c1-3-10-18(11-4-1)28-23-20-14-7-8-15-21(20)24(29-19-12-5-2-6-13-19)22(23)25-26-16-9-17-27-25/h1-8,10-15H,9,16-17H2/q-2. The average Bonchev–Trinajstić information content (AvgIpc) is 3.09. The third-order valence-electron chi connectivity index (χ3n) is 4.97. The van der Waals surface area contributed by atoms with Gasteiger partial charge in [-0.15, -0.1) is 13.1 Å². The van der Waals surface area contributed by atoms with Crippen LogP contribution in [0.4, 0.5) is 11.4 Å². The molecule has 0 saturated carbocycles. The third-order valence-corrected chi connectivity index (χ3v) is 4.97. The first kappa shape index (κ1) is 17.4. The Labute approximate surface area is 170 Å². The molecule has 1 heterocycles. The predicted molar refractivity (Wildman–Crippen MR) is 120 cm³/mol. The zero-order valence-corrected chi connectivity index (χ0v) is 16.0. The maximum absolute atomic E-state index is 5.01. The number of nitrogens with zero attached hydrogens (tertiary/aromatic N) is 4. The van der Waals surface area contributed by atoms with E-state index in [4.69, 9.17) is 20.6 Å². The van der Waals surface area contributed by atoms with Crippen molar-refractivity contribution < 1.29 is 0 Å². The number of para-hydroxylation sites is 2. The van der Waals surface area contributed by atoms with E-state index in [0.29, 0.717) is 0 Å². The minimum Gasteiger partial charge on any atom is -0.703 e. The smallest absolute Gasteiger partial charge is 0.0779 e. The SMILES string of the molecule is c1ccc(N=C2C(=C3[N-]CCC[N-]3)C(=Nc3ccccc3)c3ccccc32)cc1. The van der Waals surface area contributed by atoms with E-state index in [1.54, 1.807) is 0 Å². The van der Waals surface area contributed by atoms with E-state index in [1.807, 2.05) is 72.8 Å². The Balaban J connectivity index is 1.76. The summed E-state index contributed by atoms with van der Waals surface area (Å²) in [5.41, 5.74) is 6.68. The molecular weight excluding hydrogens is 356 g/mol. The maximum Gasteiger partial charge on any atom is 0.0779 e. The molecule has 0 radical (unpaired) electrons. The first-order chi connectivity index (χ1) is 14.4. The highest BCUT2D eigenvalue weighted by atomic mass is 15.1. The molecule has 0 spiro atoms. The number of hydrogen-bond acceptors (Lipinski definition) is 2. The van der Waals surface area contributed by atoms with Crippen LogP contribution < -0.4 is 0 Å². The van der Waals surface area contributed by atoms with Crippen molar-refractivity contribution in [2.24, 2.45) is 9.98 Å². The van der Waals surface area contributed by atoms with Crippen molar-refractivity contribution in [2.45, 2.75) is 6.42 Å². The van der Waals surface area contributed by atoms with E-state index in [0.717, 1.165) is 64.8 Å². The molecule has 1 saturated heterocycles. The van der Waals surface area contributed by atoms with Gasteiger partial charge in [0, 0.05) is 11.1 Å². The second kappa shape index (κ2) is 7.76. The number of benzene rings is 3. The zero-order chi connectivity index (χ0) is 19.5. The molecule has 0 amide bonds. The summed E-state index contributed by atoms with van der Waals surface area (Å²) in [4.78, 5) is 10.0. The minimum atomic E-state index is 0.761. The Bertz CT molecular complexity index is 1030. The summed E-state index contributed by atoms with van der Waals surface area (Å²) in [7, 11) is 0. The van der Waals surface area contributed by atoms with E-state index in [1.165, 1.54) is 0 Å². The number of fused-ring (bicyclic) bond motifs is 1. The van der Waals surface area contributed by atoms with Gasteiger partial charge in [-0.1, -0.05) is 67.1 Å². The lowest BCUT2D eigenvalue weighted by atomic mass is 10.1. The molecule has 4 heteroatoms. The van der Waals surface area contributed by atoms with Crippen LogP contribution in [0.1, 0.15) is 17.5 Å². The second-order valence-corrected chi connectivity index (χ2v) is 6.95. The lowest BCUT2D eigenvalue weighted by Crippen LogP contribution is -2.11. The Hall–Kier alpha value is -3.66. The molecule has 0 atom stereocenters. The van der Waals surface area contributed by atoms with Gasteiger partial charge >= 0.3 is 0 Å². The molecule has 0 bridgehead atoms. The van der Waals surface area contributed by atoms with Gasteiger partial charge < -0.3 is 10.6 Å². The lowest BCUT2D eigenvalue weighted by molar-refractivity contribution is 0.895. The molecule has 4 nitrogen and oxygen atoms in total. The molecule has 1 fully saturated rings. The van der Waals surface area contributed by atoms with Gasteiger partial charge in [-0.05, 0) is 29.8 Å². The van der Waals surface area contributed by atoms with Crippen LogP contribution in [-0.2, 0) is 0 Å². The van der Waals surface area contributed by atoms with Gasteiger partial charge in [0.1, 0.15) is 0 Å². The molecule has 1 aliphatic heterocycles. The monoisotopic (exact) mass is 376 g/mol. The third kappa shape index (κ3) is 3.45. The topological polar surface area (TPSA) is 52.9 Å². The highest BCUT2D eigenvalue weighted by molar-refractivity contribution is 6.44. The molecule has 1 aliphatic carbocycles. The molecule has 2 aliphatic rings. The summed E-state index contributed by atoms with van der Waals surface area (Å²) in [5, 5.41) is 9.46. The highest BCUT2D eigenvalue weighted by Crippen LogP contribution is 2.37. The summed E-state index contributed by atoms with van der Waals surface area (Å²) in [6.45, 7) is 1.58. The largest absolute Gasteiger partial charge is 0.703 e. The van der Waals surface area contributed by atoms with E-state index in [2.05, 4.69) is 12.1 Å². The average molecular weight is 376 g/mol. The van der Waals surface area contributed by atoms with Crippen LogP contribution in [0.2, 0.25) is 0 Å². The Kier molecular flexibility index (Phi) is 4.67. The van der Waals surface area contributed by atoms with Crippen LogP contribution in [0, 0.1) is 0 Å². The van der Waals surface area contributed by atoms with Crippen LogP contribution in [0.15, 0.2) is 106 Å². The van der Waals surface area contributed by atoms with Crippen molar-refractivity contribution in [1.29, 1.82) is 0 Å². The fourth-order valence-electron chi connectivity index (χ4n) is 3.63. The molecule has 3 aromatic rings. The molecule has 142 valence electrons. The molecule has 29 heavy (non-hydrogen) atoms. The van der Waals surface area contributed by atoms with Gasteiger partial charge in [-0.3, -0.25) is 5.82 Å². The van der Waals surface area contributed by atoms with Crippen molar-refractivity contribution in [1.82, 2.24) is 0 Å². The summed E-state index contributed by atoms with van der Waals surface area (Å²) < 4.78 is 0. The van der Waals surface area contributed by atoms with Gasteiger partial charge in [0.2, 0.25) is 0 Å². The zero-order valence-electron chi connectivity index (χ0n) is 16.0. The van der Waals surface area contributed by atoms with Gasteiger partial charge in [0.25, 0.3) is 0 Å². The maximum atomic E-state index is 5.01. The summed E-state index contributed by atoms with van der Waals surface area (Å²) in [6.07, 6.45) is 0.986. The Morgan fingerprint density at radius 1 is 0.552 bits per heavy atom. The minimum absolute atomic E-state index is 0.761.